The van der Waals surface area contributed by atoms with Crippen LogP contribution < -0.4 is 0 Å². The summed E-state index contributed by atoms with van der Waals surface area (Å²) in [7, 11) is 0. The molecule has 2 rings (SSSR count). The zero-order chi connectivity index (χ0) is 14.4. The van der Waals surface area contributed by atoms with E-state index >= 15 is 0 Å². The third-order valence-electron chi connectivity index (χ3n) is 3.96. The van der Waals surface area contributed by atoms with Crippen LogP contribution in [0.25, 0.3) is 6.08 Å². The molecule has 0 atom stereocenters. The van der Waals surface area contributed by atoms with Crippen molar-refractivity contribution in [3.8, 4) is 0 Å². The van der Waals surface area contributed by atoms with Gasteiger partial charge in [0.25, 0.3) is 0 Å². The summed E-state index contributed by atoms with van der Waals surface area (Å²) in [6.45, 7) is 4.24. The third-order valence-corrected chi connectivity index (χ3v) is 3.96. The highest BCUT2D eigenvalue weighted by atomic mass is 16.2. The molecule has 0 aromatic heterocycles. The average Bonchev–Trinajstić information content (AvgIpc) is 2.93. The van der Waals surface area contributed by atoms with Gasteiger partial charge < -0.3 is 4.90 Å². The molecular formula is C18H25NO. The number of hydrogen-bond donors (Lipinski definition) is 0. The molecule has 1 aliphatic rings. The smallest absolute Gasteiger partial charge is 0.226 e. The number of hydrogen-bond acceptors (Lipinski definition) is 1. The lowest BCUT2D eigenvalue weighted by Gasteiger charge is -2.32. The van der Waals surface area contributed by atoms with Gasteiger partial charge in [-0.1, -0.05) is 55.3 Å². The normalized spacial score (nSPS) is 16.1. The molecule has 1 fully saturated rings. The first-order chi connectivity index (χ1) is 9.68. The number of amides is 1. The van der Waals surface area contributed by atoms with Crippen molar-refractivity contribution in [1.29, 1.82) is 0 Å². The van der Waals surface area contributed by atoms with Crippen molar-refractivity contribution in [1.82, 2.24) is 4.90 Å². The standard InChI is InChI=1S/C18H25NO/c1-15(2)19(17-12-6-7-13-17)18(20)14-8-11-16-9-4-3-5-10-16/h3-5,8-11,15,17H,6-7,12-14H2,1-2H3/b11-8+. The van der Waals surface area contributed by atoms with Gasteiger partial charge in [0.1, 0.15) is 0 Å². The Morgan fingerprint density at radius 2 is 1.90 bits per heavy atom. The van der Waals surface area contributed by atoms with Gasteiger partial charge in [-0.05, 0) is 32.3 Å². The van der Waals surface area contributed by atoms with Gasteiger partial charge >= 0.3 is 0 Å². The Kier molecular flexibility index (Phi) is 5.40. The quantitative estimate of drug-likeness (QED) is 0.783. The summed E-state index contributed by atoms with van der Waals surface area (Å²) in [6, 6.07) is 10.9. The Bertz CT molecular complexity index is 444. The molecule has 1 saturated carbocycles. The summed E-state index contributed by atoms with van der Waals surface area (Å²) in [5.74, 6) is 0.263. The van der Waals surface area contributed by atoms with Crippen molar-refractivity contribution in [2.75, 3.05) is 0 Å². The summed E-state index contributed by atoms with van der Waals surface area (Å²) in [5.41, 5.74) is 1.15. The number of benzene rings is 1. The van der Waals surface area contributed by atoms with E-state index < -0.39 is 0 Å². The minimum Gasteiger partial charge on any atom is -0.337 e. The Morgan fingerprint density at radius 3 is 2.50 bits per heavy atom. The van der Waals surface area contributed by atoms with Gasteiger partial charge in [-0.2, -0.15) is 0 Å². The zero-order valence-corrected chi connectivity index (χ0v) is 12.6. The largest absolute Gasteiger partial charge is 0.337 e. The van der Waals surface area contributed by atoms with Crippen LogP contribution in [0.2, 0.25) is 0 Å². The summed E-state index contributed by atoms with van der Waals surface area (Å²) >= 11 is 0. The SMILES string of the molecule is CC(C)N(C(=O)C/C=C/c1ccccc1)C1CCCC1. The van der Waals surface area contributed by atoms with E-state index in [1.54, 1.807) is 0 Å². The molecule has 0 spiro atoms. The molecule has 108 valence electrons. The van der Waals surface area contributed by atoms with E-state index in [0.717, 1.165) is 5.56 Å². The van der Waals surface area contributed by atoms with Crippen LogP contribution in [-0.2, 0) is 4.79 Å². The number of carbonyl (C=O) groups is 1. The Hall–Kier alpha value is -1.57. The van der Waals surface area contributed by atoms with Crippen LogP contribution in [0.4, 0.5) is 0 Å². The van der Waals surface area contributed by atoms with Crippen LogP contribution in [0.1, 0.15) is 51.5 Å². The molecule has 0 bridgehead atoms. The lowest BCUT2D eigenvalue weighted by atomic mass is 10.1. The van der Waals surface area contributed by atoms with E-state index in [2.05, 4.69) is 30.9 Å². The molecule has 0 N–H and O–H groups in total. The van der Waals surface area contributed by atoms with Gasteiger partial charge in [-0.15, -0.1) is 0 Å². The van der Waals surface area contributed by atoms with Crippen LogP contribution in [0.5, 0.6) is 0 Å². The van der Waals surface area contributed by atoms with Crippen LogP contribution in [0, 0.1) is 0 Å². The summed E-state index contributed by atoms with van der Waals surface area (Å²) in [6.07, 6.45) is 9.40. The van der Waals surface area contributed by atoms with Crippen molar-refractivity contribution < 1.29 is 4.79 Å². The molecule has 20 heavy (non-hydrogen) atoms. The van der Waals surface area contributed by atoms with Crippen LogP contribution >= 0.6 is 0 Å². The maximum atomic E-state index is 12.4. The van der Waals surface area contributed by atoms with Crippen molar-refractivity contribution in [2.24, 2.45) is 0 Å². The number of nitrogens with zero attached hydrogens (tertiary/aromatic N) is 1. The van der Waals surface area contributed by atoms with E-state index in [-0.39, 0.29) is 5.91 Å². The second kappa shape index (κ2) is 7.28. The molecular weight excluding hydrogens is 246 g/mol. The van der Waals surface area contributed by atoms with Crippen molar-refractivity contribution in [3.05, 3.63) is 42.0 Å². The first-order valence-electron chi connectivity index (χ1n) is 7.71. The summed E-state index contributed by atoms with van der Waals surface area (Å²) in [5, 5.41) is 0. The molecule has 0 unspecified atom stereocenters. The Balaban J connectivity index is 1.93. The van der Waals surface area contributed by atoms with Crippen LogP contribution in [0.3, 0.4) is 0 Å². The maximum Gasteiger partial charge on any atom is 0.226 e. The molecule has 1 aliphatic carbocycles. The van der Waals surface area contributed by atoms with Crippen molar-refractivity contribution in [3.63, 3.8) is 0 Å². The van der Waals surface area contributed by atoms with Gasteiger partial charge in [0.2, 0.25) is 5.91 Å². The zero-order valence-electron chi connectivity index (χ0n) is 12.6. The van der Waals surface area contributed by atoms with E-state index in [4.69, 9.17) is 0 Å². The predicted octanol–water partition coefficient (Wildman–Crippen LogP) is 4.27. The third kappa shape index (κ3) is 3.96. The Morgan fingerprint density at radius 1 is 1.25 bits per heavy atom. The Labute approximate surface area is 122 Å². The fourth-order valence-electron chi connectivity index (χ4n) is 3.06. The molecule has 1 amide bonds. The topological polar surface area (TPSA) is 20.3 Å². The fourth-order valence-corrected chi connectivity index (χ4v) is 3.06. The van der Waals surface area contributed by atoms with Gasteiger partial charge in [-0.3, -0.25) is 4.79 Å². The van der Waals surface area contributed by atoms with Gasteiger partial charge in [0.15, 0.2) is 0 Å². The fraction of sp³-hybridized carbons (Fsp3) is 0.500. The van der Waals surface area contributed by atoms with E-state index in [0.29, 0.717) is 18.5 Å². The van der Waals surface area contributed by atoms with E-state index in [1.165, 1.54) is 25.7 Å². The summed E-state index contributed by atoms with van der Waals surface area (Å²) in [4.78, 5) is 14.5. The molecule has 0 aliphatic heterocycles. The molecule has 0 heterocycles. The van der Waals surface area contributed by atoms with Crippen molar-refractivity contribution in [2.45, 2.75) is 58.0 Å². The minimum atomic E-state index is 0.263. The minimum absolute atomic E-state index is 0.263. The molecule has 1 aromatic rings. The highest BCUT2D eigenvalue weighted by molar-refractivity contribution is 5.79. The van der Waals surface area contributed by atoms with E-state index in [1.807, 2.05) is 30.4 Å². The second-order valence-corrected chi connectivity index (χ2v) is 5.85. The first kappa shape index (κ1) is 14.8. The molecule has 0 saturated heterocycles. The molecule has 2 nitrogen and oxygen atoms in total. The van der Waals surface area contributed by atoms with Gasteiger partial charge in [0.05, 0.1) is 0 Å². The lowest BCUT2D eigenvalue weighted by molar-refractivity contribution is -0.134. The van der Waals surface area contributed by atoms with E-state index in [9.17, 15) is 4.79 Å². The van der Waals surface area contributed by atoms with Crippen LogP contribution in [-0.4, -0.2) is 22.9 Å². The highest BCUT2D eigenvalue weighted by Gasteiger charge is 2.27. The maximum absolute atomic E-state index is 12.4. The van der Waals surface area contributed by atoms with Crippen LogP contribution in [0.15, 0.2) is 36.4 Å². The first-order valence-corrected chi connectivity index (χ1v) is 7.71. The predicted molar refractivity (Wildman–Crippen MR) is 84.3 cm³/mol. The monoisotopic (exact) mass is 271 g/mol. The molecule has 0 radical (unpaired) electrons. The second-order valence-electron chi connectivity index (χ2n) is 5.85. The number of rotatable bonds is 5. The lowest BCUT2D eigenvalue weighted by Crippen LogP contribution is -2.43. The average molecular weight is 271 g/mol. The molecule has 2 heteroatoms. The van der Waals surface area contributed by atoms with Crippen molar-refractivity contribution >= 4 is 12.0 Å². The highest BCUT2D eigenvalue weighted by Crippen LogP contribution is 2.25. The summed E-state index contributed by atoms with van der Waals surface area (Å²) < 4.78 is 0. The van der Waals surface area contributed by atoms with Gasteiger partial charge in [0, 0.05) is 18.5 Å². The molecule has 1 aromatic carbocycles. The van der Waals surface area contributed by atoms with Gasteiger partial charge in [-0.25, -0.2) is 0 Å². The number of carbonyl (C=O) groups excluding carboxylic acids is 1.